The second-order valence-electron chi connectivity index (χ2n) is 4.07. The van der Waals surface area contributed by atoms with Crippen LogP contribution in [0.25, 0.3) is 0 Å². The molecule has 0 fully saturated rings. The molecule has 3 nitrogen and oxygen atoms in total. The van der Waals surface area contributed by atoms with Gasteiger partial charge in [-0.2, -0.15) is 0 Å². The standard InChI is InChI=1S/C12H19ClN2O/c1-10(2)6-8-16-9-7-14-12-5-3-4-11(13)15-12/h3-5,10H,6-9H2,1-2H3,(H,14,15). The first-order valence-corrected chi connectivity index (χ1v) is 6.00. The van der Waals surface area contributed by atoms with Gasteiger partial charge in [-0.3, -0.25) is 0 Å². The Hall–Kier alpha value is -0.800. The van der Waals surface area contributed by atoms with Gasteiger partial charge in [0.15, 0.2) is 0 Å². The summed E-state index contributed by atoms with van der Waals surface area (Å²) in [5, 5.41) is 3.66. The van der Waals surface area contributed by atoms with Crippen LogP contribution in [0.1, 0.15) is 20.3 Å². The zero-order valence-electron chi connectivity index (χ0n) is 9.87. The number of anilines is 1. The van der Waals surface area contributed by atoms with Crippen LogP contribution in [0, 0.1) is 5.92 Å². The van der Waals surface area contributed by atoms with Crippen molar-refractivity contribution in [3.05, 3.63) is 23.4 Å². The molecule has 1 aromatic rings. The van der Waals surface area contributed by atoms with Crippen LogP contribution < -0.4 is 5.32 Å². The first-order valence-electron chi connectivity index (χ1n) is 5.62. The molecule has 0 saturated heterocycles. The Morgan fingerprint density at radius 3 is 2.88 bits per heavy atom. The molecule has 0 saturated carbocycles. The predicted octanol–water partition coefficient (Wildman–Crippen LogP) is 3.21. The summed E-state index contributed by atoms with van der Waals surface area (Å²) < 4.78 is 5.47. The number of halogens is 1. The van der Waals surface area contributed by atoms with Crippen molar-refractivity contribution >= 4 is 17.4 Å². The molecule has 1 rings (SSSR count). The lowest BCUT2D eigenvalue weighted by molar-refractivity contribution is 0.132. The van der Waals surface area contributed by atoms with Crippen LogP contribution in [0.15, 0.2) is 18.2 Å². The average Bonchev–Trinajstić information content (AvgIpc) is 2.23. The lowest BCUT2D eigenvalue weighted by Crippen LogP contribution is -2.11. The molecule has 1 N–H and O–H groups in total. The highest BCUT2D eigenvalue weighted by molar-refractivity contribution is 6.29. The molecule has 0 aromatic carbocycles. The maximum Gasteiger partial charge on any atom is 0.131 e. The van der Waals surface area contributed by atoms with Crippen LogP contribution in [-0.4, -0.2) is 24.7 Å². The predicted molar refractivity (Wildman–Crippen MR) is 68.0 cm³/mol. The van der Waals surface area contributed by atoms with E-state index in [1.807, 2.05) is 12.1 Å². The van der Waals surface area contributed by atoms with E-state index in [1.54, 1.807) is 6.07 Å². The Balaban J connectivity index is 2.07. The van der Waals surface area contributed by atoms with Crippen LogP contribution in [0.5, 0.6) is 0 Å². The van der Waals surface area contributed by atoms with Crippen LogP contribution in [0.3, 0.4) is 0 Å². The van der Waals surface area contributed by atoms with Crippen LogP contribution in [0.2, 0.25) is 5.15 Å². The van der Waals surface area contributed by atoms with Gasteiger partial charge in [0.05, 0.1) is 6.61 Å². The van der Waals surface area contributed by atoms with Gasteiger partial charge in [-0.1, -0.05) is 31.5 Å². The minimum absolute atomic E-state index is 0.505. The van der Waals surface area contributed by atoms with E-state index in [4.69, 9.17) is 16.3 Å². The highest BCUT2D eigenvalue weighted by Crippen LogP contribution is 2.08. The molecule has 4 heteroatoms. The summed E-state index contributed by atoms with van der Waals surface area (Å²) in [7, 11) is 0. The van der Waals surface area contributed by atoms with Gasteiger partial charge in [0.1, 0.15) is 11.0 Å². The molecule has 0 bridgehead atoms. The fourth-order valence-corrected chi connectivity index (χ4v) is 1.34. The lowest BCUT2D eigenvalue weighted by Gasteiger charge is -2.08. The summed E-state index contributed by atoms with van der Waals surface area (Å²) in [6.45, 7) is 6.66. The van der Waals surface area contributed by atoms with Crippen LogP contribution in [-0.2, 0) is 4.74 Å². The molecule has 0 aliphatic heterocycles. The first kappa shape index (κ1) is 13.3. The molecule has 1 heterocycles. The van der Waals surface area contributed by atoms with Gasteiger partial charge in [-0.05, 0) is 24.5 Å². The summed E-state index contributed by atoms with van der Waals surface area (Å²) in [4.78, 5) is 4.12. The van der Waals surface area contributed by atoms with Gasteiger partial charge >= 0.3 is 0 Å². The minimum Gasteiger partial charge on any atom is -0.380 e. The zero-order chi connectivity index (χ0) is 11.8. The molecule has 0 unspecified atom stereocenters. The van der Waals surface area contributed by atoms with Crippen molar-refractivity contribution < 1.29 is 4.74 Å². The molecule has 0 spiro atoms. The van der Waals surface area contributed by atoms with Crippen molar-refractivity contribution in [3.63, 3.8) is 0 Å². The third kappa shape index (κ3) is 5.93. The summed E-state index contributed by atoms with van der Waals surface area (Å²) in [6.07, 6.45) is 1.11. The molecular formula is C12H19ClN2O. The van der Waals surface area contributed by atoms with Gasteiger partial charge in [0.2, 0.25) is 0 Å². The topological polar surface area (TPSA) is 34.1 Å². The number of rotatable bonds is 7. The van der Waals surface area contributed by atoms with E-state index in [9.17, 15) is 0 Å². The number of aromatic nitrogens is 1. The fraction of sp³-hybridized carbons (Fsp3) is 0.583. The monoisotopic (exact) mass is 242 g/mol. The van der Waals surface area contributed by atoms with Crippen molar-refractivity contribution in [3.8, 4) is 0 Å². The normalized spacial score (nSPS) is 10.8. The quantitative estimate of drug-likeness (QED) is 0.589. The lowest BCUT2D eigenvalue weighted by atomic mass is 10.1. The van der Waals surface area contributed by atoms with Crippen molar-refractivity contribution in [2.75, 3.05) is 25.1 Å². The van der Waals surface area contributed by atoms with Gasteiger partial charge in [0.25, 0.3) is 0 Å². The Kier molecular flexibility index (Phi) is 6.19. The van der Waals surface area contributed by atoms with E-state index in [-0.39, 0.29) is 0 Å². The van der Waals surface area contributed by atoms with E-state index in [2.05, 4.69) is 24.1 Å². The molecule has 0 aliphatic carbocycles. The largest absolute Gasteiger partial charge is 0.380 e. The van der Waals surface area contributed by atoms with E-state index >= 15 is 0 Å². The highest BCUT2D eigenvalue weighted by Gasteiger charge is 1.96. The van der Waals surface area contributed by atoms with Crippen LogP contribution in [0.4, 0.5) is 5.82 Å². The third-order valence-corrected chi connectivity index (χ3v) is 2.32. The molecule has 16 heavy (non-hydrogen) atoms. The van der Waals surface area contributed by atoms with Crippen LogP contribution >= 0.6 is 11.6 Å². The number of ether oxygens (including phenoxy) is 1. The average molecular weight is 243 g/mol. The Labute approximate surface area is 102 Å². The second kappa shape index (κ2) is 7.47. The Bertz CT molecular complexity index is 305. The SMILES string of the molecule is CC(C)CCOCCNc1cccc(Cl)n1. The zero-order valence-corrected chi connectivity index (χ0v) is 10.6. The molecule has 90 valence electrons. The van der Waals surface area contributed by atoms with E-state index in [1.165, 1.54) is 0 Å². The number of pyridine rings is 1. The maximum absolute atomic E-state index is 5.76. The minimum atomic E-state index is 0.505. The van der Waals surface area contributed by atoms with E-state index < -0.39 is 0 Å². The third-order valence-electron chi connectivity index (χ3n) is 2.11. The molecule has 0 atom stereocenters. The number of nitrogens with zero attached hydrogens (tertiary/aromatic N) is 1. The highest BCUT2D eigenvalue weighted by atomic mass is 35.5. The first-order chi connectivity index (χ1) is 7.68. The summed E-state index contributed by atoms with van der Waals surface area (Å²) in [6, 6.07) is 5.52. The van der Waals surface area contributed by atoms with Gasteiger partial charge in [0, 0.05) is 13.2 Å². The van der Waals surface area contributed by atoms with E-state index in [0.717, 1.165) is 25.4 Å². The molecule has 0 radical (unpaired) electrons. The van der Waals surface area contributed by atoms with Crippen molar-refractivity contribution in [1.82, 2.24) is 4.98 Å². The maximum atomic E-state index is 5.76. The molecule has 0 aliphatic rings. The van der Waals surface area contributed by atoms with Crippen molar-refractivity contribution in [2.24, 2.45) is 5.92 Å². The van der Waals surface area contributed by atoms with Gasteiger partial charge in [-0.25, -0.2) is 4.98 Å². The molecule has 0 amide bonds. The molecular weight excluding hydrogens is 224 g/mol. The summed E-state index contributed by atoms with van der Waals surface area (Å²) >= 11 is 5.76. The second-order valence-corrected chi connectivity index (χ2v) is 4.45. The summed E-state index contributed by atoms with van der Waals surface area (Å²) in [5.41, 5.74) is 0. The van der Waals surface area contributed by atoms with E-state index in [0.29, 0.717) is 17.7 Å². The summed E-state index contributed by atoms with van der Waals surface area (Å²) in [5.74, 6) is 1.49. The number of hydrogen-bond donors (Lipinski definition) is 1. The number of hydrogen-bond acceptors (Lipinski definition) is 3. The smallest absolute Gasteiger partial charge is 0.131 e. The van der Waals surface area contributed by atoms with Crippen molar-refractivity contribution in [1.29, 1.82) is 0 Å². The van der Waals surface area contributed by atoms with Crippen molar-refractivity contribution in [2.45, 2.75) is 20.3 Å². The van der Waals surface area contributed by atoms with Gasteiger partial charge in [-0.15, -0.1) is 0 Å². The Morgan fingerprint density at radius 1 is 1.38 bits per heavy atom. The fourth-order valence-electron chi connectivity index (χ4n) is 1.18. The van der Waals surface area contributed by atoms with Gasteiger partial charge < -0.3 is 10.1 Å². The Morgan fingerprint density at radius 2 is 2.19 bits per heavy atom. The molecule has 1 aromatic heterocycles. The number of nitrogens with one attached hydrogen (secondary N) is 1.